The number of rotatable bonds is 5. The van der Waals surface area contributed by atoms with E-state index in [4.69, 9.17) is 11.6 Å². The minimum atomic E-state index is 0.408. The Morgan fingerprint density at radius 2 is 1.95 bits per heavy atom. The van der Waals surface area contributed by atoms with Gasteiger partial charge < -0.3 is 5.32 Å². The summed E-state index contributed by atoms with van der Waals surface area (Å²) in [5.41, 5.74) is 1.22. The molecule has 2 aromatic rings. The molecule has 2 rings (SSSR count). The Morgan fingerprint density at radius 1 is 1.21 bits per heavy atom. The molecule has 1 N–H and O–H groups in total. The molecule has 1 nitrogen and oxygen atoms in total. The van der Waals surface area contributed by atoms with Crippen molar-refractivity contribution in [3.63, 3.8) is 0 Å². The van der Waals surface area contributed by atoms with E-state index in [1.165, 1.54) is 15.3 Å². The lowest BCUT2D eigenvalue weighted by Crippen LogP contribution is -2.22. The van der Waals surface area contributed by atoms with Crippen molar-refractivity contribution in [3.8, 4) is 10.4 Å². The van der Waals surface area contributed by atoms with Crippen LogP contribution in [-0.4, -0.2) is 12.6 Å². The Hall–Kier alpha value is -1.09. The fourth-order valence-electron chi connectivity index (χ4n) is 1.84. The highest BCUT2D eigenvalue weighted by atomic mass is 35.5. The lowest BCUT2D eigenvalue weighted by atomic mass is 10.2. The fraction of sp³-hybridized carbons (Fsp3) is 0.250. The van der Waals surface area contributed by atoms with E-state index in [1.807, 2.05) is 12.1 Å². The molecule has 1 aromatic heterocycles. The smallest absolute Gasteiger partial charge is 0.0406 e. The van der Waals surface area contributed by atoms with E-state index in [2.05, 4.69) is 55.6 Å². The third-order valence-electron chi connectivity index (χ3n) is 2.83. The van der Waals surface area contributed by atoms with Crippen LogP contribution in [0.25, 0.3) is 16.5 Å². The van der Waals surface area contributed by atoms with Gasteiger partial charge in [0.15, 0.2) is 0 Å². The highest BCUT2D eigenvalue weighted by Crippen LogP contribution is 2.29. The summed E-state index contributed by atoms with van der Waals surface area (Å²) in [5.74, 6) is 0. The Kier molecular flexibility index (Phi) is 5.20. The van der Waals surface area contributed by atoms with Gasteiger partial charge in [-0.3, -0.25) is 0 Å². The molecule has 0 radical (unpaired) electrons. The van der Waals surface area contributed by atoms with Crippen LogP contribution in [0.3, 0.4) is 0 Å². The highest BCUT2D eigenvalue weighted by molar-refractivity contribution is 7.16. The van der Waals surface area contributed by atoms with Crippen molar-refractivity contribution in [2.24, 2.45) is 0 Å². The SMILES string of the molecule is CCNC(C)/C=C/c1ccc(-c2ccc(Cl)cc2)s1. The van der Waals surface area contributed by atoms with E-state index in [0.717, 1.165) is 11.6 Å². The monoisotopic (exact) mass is 291 g/mol. The standard InChI is InChI=1S/C16H18ClNS/c1-3-18-12(2)4-9-15-10-11-16(19-15)13-5-7-14(17)8-6-13/h4-12,18H,3H2,1-2H3/b9-4+. The van der Waals surface area contributed by atoms with Gasteiger partial charge >= 0.3 is 0 Å². The van der Waals surface area contributed by atoms with Gasteiger partial charge in [-0.15, -0.1) is 11.3 Å². The number of thiophene rings is 1. The molecule has 3 heteroatoms. The third-order valence-corrected chi connectivity index (χ3v) is 4.18. The summed E-state index contributed by atoms with van der Waals surface area (Å²) in [6.07, 6.45) is 4.37. The topological polar surface area (TPSA) is 12.0 Å². The first-order valence-electron chi connectivity index (χ1n) is 6.46. The largest absolute Gasteiger partial charge is 0.311 e. The van der Waals surface area contributed by atoms with E-state index < -0.39 is 0 Å². The number of benzene rings is 1. The molecule has 1 heterocycles. The maximum absolute atomic E-state index is 5.90. The van der Waals surface area contributed by atoms with Gasteiger partial charge in [0.2, 0.25) is 0 Å². The van der Waals surface area contributed by atoms with E-state index in [-0.39, 0.29) is 0 Å². The summed E-state index contributed by atoms with van der Waals surface area (Å²) >= 11 is 7.70. The van der Waals surface area contributed by atoms with Crippen molar-refractivity contribution in [2.75, 3.05) is 6.54 Å². The summed E-state index contributed by atoms with van der Waals surface area (Å²) < 4.78 is 0. The second kappa shape index (κ2) is 6.90. The number of hydrogen-bond donors (Lipinski definition) is 1. The van der Waals surface area contributed by atoms with Crippen LogP contribution in [-0.2, 0) is 0 Å². The quantitative estimate of drug-likeness (QED) is 0.810. The zero-order chi connectivity index (χ0) is 13.7. The lowest BCUT2D eigenvalue weighted by molar-refractivity contribution is 0.663. The first-order chi connectivity index (χ1) is 9.19. The molecular weight excluding hydrogens is 274 g/mol. The van der Waals surface area contributed by atoms with E-state index in [0.29, 0.717) is 6.04 Å². The minimum absolute atomic E-state index is 0.408. The molecule has 0 aliphatic heterocycles. The van der Waals surface area contributed by atoms with Crippen molar-refractivity contribution < 1.29 is 0 Å². The highest BCUT2D eigenvalue weighted by Gasteiger charge is 2.01. The molecule has 0 aliphatic carbocycles. The van der Waals surface area contributed by atoms with E-state index in [1.54, 1.807) is 11.3 Å². The molecule has 100 valence electrons. The molecule has 1 unspecified atom stereocenters. The van der Waals surface area contributed by atoms with Crippen molar-refractivity contribution in [1.29, 1.82) is 0 Å². The summed E-state index contributed by atoms with van der Waals surface area (Å²) in [6, 6.07) is 12.7. The second-order valence-corrected chi connectivity index (χ2v) is 5.97. The molecule has 0 saturated carbocycles. The summed E-state index contributed by atoms with van der Waals surface area (Å²) in [6.45, 7) is 5.27. The minimum Gasteiger partial charge on any atom is -0.311 e. The first kappa shape index (κ1) is 14.3. The molecular formula is C16H18ClNS. The Balaban J connectivity index is 2.08. The summed E-state index contributed by atoms with van der Waals surface area (Å²) in [4.78, 5) is 2.54. The van der Waals surface area contributed by atoms with Crippen molar-refractivity contribution in [3.05, 3.63) is 52.4 Å². The zero-order valence-electron chi connectivity index (χ0n) is 11.2. The molecule has 19 heavy (non-hydrogen) atoms. The van der Waals surface area contributed by atoms with Crippen LogP contribution in [0.1, 0.15) is 18.7 Å². The molecule has 0 aliphatic rings. The molecule has 0 spiro atoms. The van der Waals surface area contributed by atoms with Crippen molar-refractivity contribution in [1.82, 2.24) is 5.32 Å². The van der Waals surface area contributed by atoms with Gasteiger partial charge in [-0.05, 0) is 49.4 Å². The van der Waals surface area contributed by atoms with Crippen molar-refractivity contribution >= 4 is 29.0 Å². The Bertz CT molecular complexity index is 542. The van der Waals surface area contributed by atoms with E-state index in [9.17, 15) is 0 Å². The molecule has 0 fully saturated rings. The Labute approximate surface area is 123 Å². The molecule has 1 aromatic carbocycles. The number of hydrogen-bond acceptors (Lipinski definition) is 2. The van der Waals surface area contributed by atoms with Gasteiger partial charge in [0, 0.05) is 20.8 Å². The van der Waals surface area contributed by atoms with Gasteiger partial charge in [-0.25, -0.2) is 0 Å². The fourth-order valence-corrected chi connectivity index (χ4v) is 2.89. The molecule has 0 saturated heterocycles. The maximum atomic E-state index is 5.90. The maximum Gasteiger partial charge on any atom is 0.0406 e. The van der Waals surface area contributed by atoms with Crippen LogP contribution in [0.5, 0.6) is 0 Å². The Morgan fingerprint density at radius 3 is 2.63 bits per heavy atom. The first-order valence-corrected chi connectivity index (χ1v) is 7.66. The molecule has 0 amide bonds. The number of likely N-dealkylation sites (N-methyl/N-ethyl adjacent to an activating group) is 1. The van der Waals surface area contributed by atoms with Crippen LogP contribution < -0.4 is 5.32 Å². The van der Waals surface area contributed by atoms with Gasteiger partial charge in [-0.2, -0.15) is 0 Å². The van der Waals surface area contributed by atoms with Crippen LogP contribution in [0, 0.1) is 0 Å². The van der Waals surface area contributed by atoms with Crippen LogP contribution in [0.15, 0.2) is 42.5 Å². The molecule has 0 bridgehead atoms. The van der Waals surface area contributed by atoms with E-state index >= 15 is 0 Å². The van der Waals surface area contributed by atoms with Gasteiger partial charge in [0.05, 0.1) is 0 Å². The normalized spacial score (nSPS) is 13.0. The van der Waals surface area contributed by atoms with Crippen LogP contribution >= 0.6 is 22.9 Å². The van der Waals surface area contributed by atoms with Gasteiger partial charge in [0.25, 0.3) is 0 Å². The van der Waals surface area contributed by atoms with Gasteiger partial charge in [0.1, 0.15) is 0 Å². The zero-order valence-corrected chi connectivity index (χ0v) is 12.8. The summed E-state index contributed by atoms with van der Waals surface area (Å²) in [5, 5.41) is 4.14. The van der Waals surface area contributed by atoms with Crippen LogP contribution in [0.2, 0.25) is 5.02 Å². The number of halogens is 1. The second-order valence-electron chi connectivity index (χ2n) is 4.41. The lowest BCUT2D eigenvalue weighted by Gasteiger charge is -2.04. The van der Waals surface area contributed by atoms with Crippen molar-refractivity contribution in [2.45, 2.75) is 19.9 Å². The average Bonchev–Trinajstić information content (AvgIpc) is 2.86. The third kappa shape index (κ3) is 4.20. The predicted octanol–water partition coefficient (Wildman–Crippen LogP) is 5.08. The van der Waals surface area contributed by atoms with Gasteiger partial charge in [-0.1, -0.05) is 36.7 Å². The number of nitrogens with one attached hydrogen (secondary N) is 1. The molecule has 1 atom stereocenters. The summed E-state index contributed by atoms with van der Waals surface area (Å²) in [7, 11) is 0. The van der Waals surface area contributed by atoms with Crippen LogP contribution in [0.4, 0.5) is 0 Å². The average molecular weight is 292 g/mol. The predicted molar refractivity (Wildman–Crippen MR) is 86.9 cm³/mol.